The molecule has 0 radical (unpaired) electrons. The highest BCUT2D eigenvalue weighted by Crippen LogP contribution is 2.27. The first-order chi connectivity index (χ1) is 21.2. The fraction of sp³-hybridized carbons (Fsp3) is 0.294. The smallest absolute Gasteiger partial charge is 0.226 e. The van der Waals surface area contributed by atoms with Crippen LogP contribution >= 0.6 is 35.4 Å². The molecule has 44 heavy (non-hydrogen) atoms. The Hall–Kier alpha value is -3.90. The molecule has 0 spiro atoms. The molecule has 0 aliphatic heterocycles. The number of aromatic nitrogens is 2. The summed E-state index contributed by atoms with van der Waals surface area (Å²) in [5, 5.41) is 17.2. The summed E-state index contributed by atoms with van der Waals surface area (Å²) in [6.45, 7) is 7.70. The van der Waals surface area contributed by atoms with E-state index in [2.05, 4.69) is 35.5 Å². The van der Waals surface area contributed by atoms with Crippen LogP contribution in [-0.2, 0) is 24.3 Å². The number of benzene rings is 3. The van der Waals surface area contributed by atoms with Crippen molar-refractivity contribution in [2.24, 2.45) is 5.92 Å². The maximum Gasteiger partial charge on any atom is 0.226 e. The maximum absolute atomic E-state index is 13.5. The molecule has 228 valence electrons. The first-order valence-electron chi connectivity index (χ1n) is 14.5. The van der Waals surface area contributed by atoms with Crippen molar-refractivity contribution in [3.05, 3.63) is 117 Å². The predicted octanol–water partition coefficient (Wildman–Crippen LogP) is 7.39. The monoisotopic (exact) mass is 646 g/mol. The van der Waals surface area contributed by atoms with E-state index >= 15 is 0 Å². The number of nitriles is 1. The van der Waals surface area contributed by atoms with Gasteiger partial charge in [-0.05, 0) is 72.1 Å². The van der Waals surface area contributed by atoms with Gasteiger partial charge < -0.3 is 20.1 Å². The van der Waals surface area contributed by atoms with Crippen molar-refractivity contribution < 1.29 is 4.79 Å². The third kappa shape index (κ3) is 9.06. The first kappa shape index (κ1) is 33.0. The van der Waals surface area contributed by atoms with Gasteiger partial charge in [-0.2, -0.15) is 5.26 Å². The molecule has 1 aromatic heterocycles. The number of nitrogens with zero attached hydrogens (tertiary/aromatic N) is 4. The van der Waals surface area contributed by atoms with Crippen molar-refractivity contribution in [1.29, 1.82) is 5.26 Å². The summed E-state index contributed by atoms with van der Waals surface area (Å²) in [6, 6.07) is 22.9. The molecule has 2 N–H and O–H groups in total. The summed E-state index contributed by atoms with van der Waals surface area (Å²) in [5.74, 6) is 0.0665. The van der Waals surface area contributed by atoms with E-state index in [1.807, 2.05) is 64.9 Å². The van der Waals surface area contributed by atoms with Gasteiger partial charge in [-0.15, -0.1) is 0 Å². The summed E-state index contributed by atoms with van der Waals surface area (Å²) in [6.07, 6.45) is 4.48. The van der Waals surface area contributed by atoms with Gasteiger partial charge in [0.1, 0.15) is 0 Å². The molecule has 0 bridgehead atoms. The topological polar surface area (TPSA) is 86.0 Å². The second-order valence-corrected chi connectivity index (χ2v) is 12.1. The number of imidazole rings is 1. The molecule has 0 aliphatic rings. The van der Waals surface area contributed by atoms with E-state index in [4.69, 9.17) is 40.7 Å². The molecule has 3 aromatic carbocycles. The van der Waals surface area contributed by atoms with Gasteiger partial charge >= 0.3 is 0 Å². The number of hydrogen-bond acceptors (Lipinski definition) is 4. The lowest BCUT2D eigenvalue weighted by Gasteiger charge is -2.33. The minimum Gasteiger partial charge on any atom is -0.351 e. The van der Waals surface area contributed by atoms with Gasteiger partial charge in [0.2, 0.25) is 5.91 Å². The Morgan fingerprint density at radius 3 is 2.59 bits per heavy atom. The number of thiocarbonyl (C=S) groups is 1. The third-order valence-corrected chi connectivity index (χ3v) is 8.84. The van der Waals surface area contributed by atoms with Crippen molar-refractivity contribution >= 4 is 52.1 Å². The zero-order chi connectivity index (χ0) is 31.6. The van der Waals surface area contributed by atoms with Gasteiger partial charge in [0.25, 0.3) is 0 Å². The van der Waals surface area contributed by atoms with Gasteiger partial charge in [0.05, 0.1) is 34.4 Å². The van der Waals surface area contributed by atoms with Crippen LogP contribution in [0.25, 0.3) is 0 Å². The Balaban J connectivity index is 1.51. The highest BCUT2D eigenvalue weighted by molar-refractivity contribution is 7.80. The molecule has 0 aliphatic carbocycles. The Morgan fingerprint density at radius 2 is 1.89 bits per heavy atom. The predicted molar refractivity (Wildman–Crippen MR) is 182 cm³/mol. The minimum absolute atomic E-state index is 0.102. The van der Waals surface area contributed by atoms with Gasteiger partial charge in [-0.25, -0.2) is 4.98 Å². The number of hydrogen-bond donors (Lipinski definition) is 2. The number of carbonyl (C=O) groups is 1. The van der Waals surface area contributed by atoms with Gasteiger partial charge in [-0.1, -0.05) is 79.9 Å². The molecule has 0 fully saturated rings. The molecule has 10 heteroatoms. The number of carbonyl (C=O) groups excluding carboxylic acids is 1. The number of halogens is 2. The average Bonchev–Trinajstić information content (AvgIpc) is 3.44. The van der Waals surface area contributed by atoms with Crippen LogP contribution in [0.3, 0.4) is 0 Å². The largest absolute Gasteiger partial charge is 0.351 e. The van der Waals surface area contributed by atoms with E-state index in [9.17, 15) is 4.79 Å². The second kappa shape index (κ2) is 15.7. The molecule has 7 nitrogen and oxygen atoms in total. The summed E-state index contributed by atoms with van der Waals surface area (Å²) in [7, 11) is 0. The highest BCUT2D eigenvalue weighted by Gasteiger charge is 2.25. The van der Waals surface area contributed by atoms with E-state index in [0.29, 0.717) is 40.4 Å². The molecular formula is C34H36Cl2N6OS. The maximum atomic E-state index is 13.5. The first-order valence-corrected chi connectivity index (χ1v) is 15.7. The quantitative estimate of drug-likeness (QED) is 0.156. The van der Waals surface area contributed by atoms with Crippen molar-refractivity contribution in [2.45, 2.75) is 52.7 Å². The Labute approximate surface area is 274 Å². The Morgan fingerprint density at radius 1 is 1.14 bits per heavy atom. The fourth-order valence-electron chi connectivity index (χ4n) is 4.85. The Bertz CT molecular complexity index is 1630. The van der Waals surface area contributed by atoms with E-state index in [-0.39, 0.29) is 24.3 Å². The van der Waals surface area contributed by atoms with Crippen LogP contribution in [0.4, 0.5) is 5.69 Å². The number of aryl methyl sites for hydroxylation is 1. The van der Waals surface area contributed by atoms with Crippen molar-refractivity contribution in [2.75, 3.05) is 11.9 Å². The lowest BCUT2D eigenvalue weighted by Crippen LogP contribution is -2.50. The van der Waals surface area contributed by atoms with Gasteiger partial charge in [0, 0.05) is 43.3 Å². The van der Waals surface area contributed by atoms with E-state index in [0.717, 1.165) is 34.5 Å². The van der Waals surface area contributed by atoms with Crippen molar-refractivity contribution in [3.63, 3.8) is 0 Å². The lowest BCUT2D eigenvalue weighted by atomic mass is 9.98. The minimum atomic E-state index is -0.197. The summed E-state index contributed by atoms with van der Waals surface area (Å²) < 4.78 is 1.95. The van der Waals surface area contributed by atoms with Crippen LogP contribution in [0, 0.1) is 24.2 Å². The number of nitrogens with one attached hydrogen (secondary N) is 2. The SMILES string of the molecule is CC[C@H](C)[C@@H](CN(Cc1cccc(Cl)c1Cl)C(=S)Nc1cccc(C)c1)NC(=O)Cc1cncn1Cc1ccc(C#N)cc1. The molecule has 0 saturated carbocycles. The molecule has 4 aromatic rings. The molecule has 2 atom stereocenters. The third-order valence-electron chi connectivity index (χ3n) is 7.62. The van der Waals surface area contributed by atoms with Crippen LogP contribution in [0.1, 0.15) is 48.2 Å². The van der Waals surface area contributed by atoms with Gasteiger partial charge in [0.15, 0.2) is 5.11 Å². The number of amides is 1. The molecule has 4 rings (SSSR count). The summed E-state index contributed by atoms with van der Waals surface area (Å²) in [4.78, 5) is 19.8. The van der Waals surface area contributed by atoms with Crippen molar-refractivity contribution in [1.82, 2.24) is 19.8 Å². The van der Waals surface area contributed by atoms with E-state index in [1.54, 1.807) is 30.7 Å². The highest BCUT2D eigenvalue weighted by atomic mass is 35.5. The van der Waals surface area contributed by atoms with Crippen LogP contribution in [0.5, 0.6) is 0 Å². The molecule has 1 heterocycles. The Kier molecular flexibility index (Phi) is 11.8. The van der Waals surface area contributed by atoms with Crippen LogP contribution in [0.2, 0.25) is 10.0 Å². The molecular weight excluding hydrogens is 611 g/mol. The van der Waals surface area contributed by atoms with Crippen LogP contribution in [0.15, 0.2) is 79.3 Å². The molecule has 0 unspecified atom stereocenters. The van der Waals surface area contributed by atoms with E-state index in [1.165, 1.54) is 0 Å². The average molecular weight is 648 g/mol. The standard InChI is InChI=1S/C34H36Cl2N6OS/c1-4-24(3)31(40-32(43)16-29-18-38-22-42(29)19-26-13-11-25(17-37)12-14-26)21-41(20-27-8-6-10-30(35)33(27)36)34(44)39-28-9-5-7-23(2)15-28/h5-15,18,22,24,31H,4,16,19-21H2,1-3H3,(H,39,44)(H,40,43)/t24-,31+/m0/s1. The number of anilines is 1. The lowest BCUT2D eigenvalue weighted by molar-refractivity contribution is -0.121. The summed E-state index contributed by atoms with van der Waals surface area (Å²) in [5.41, 5.74) is 5.27. The van der Waals surface area contributed by atoms with Crippen LogP contribution < -0.4 is 10.6 Å². The molecule has 0 saturated heterocycles. The zero-order valence-corrected chi connectivity index (χ0v) is 27.4. The number of rotatable bonds is 12. The van der Waals surface area contributed by atoms with Crippen LogP contribution in [-0.4, -0.2) is 38.1 Å². The van der Waals surface area contributed by atoms with Crippen molar-refractivity contribution in [3.8, 4) is 6.07 Å². The second-order valence-electron chi connectivity index (χ2n) is 11.0. The van der Waals surface area contributed by atoms with Gasteiger partial charge in [-0.3, -0.25) is 4.79 Å². The molecule has 1 amide bonds. The zero-order valence-electron chi connectivity index (χ0n) is 25.1. The fourth-order valence-corrected chi connectivity index (χ4v) is 5.49. The van der Waals surface area contributed by atoms with E-state index < -0.39 is 0 Å². The summed E-state index contributed by atoms with van der Waals surface area (Å²) >= 11 is 18.8. The normalized spacial score (nSPS) is 12.2.